The van der Waals surface area contributed by atoms with Gasteiger partial charge in [0.25, 0.3) is 0 Å². The Kier molecular flexibility index (Phi) is 32.1. The van der Waals surface area contributed by atoms with Gasteiger partial charge in [0.1, 0.15) is 24.5 Å². The summed E-state index contributed by atoms with van der Waals surface area (Å²) >= 11 is 0. The van der Waals surface area contributed by atoms with Crippen molar-refractivity contribution in [1.82, 2.24) is 37.2 Å². The van der Waals surface area contributed by atoms with Crippen molar-refractivity contribution in [1.29, 1.82) is 0 Å². The molecule has 0 radical (unpaired) electrons. The Balaban J connectivity index is 2.22. The minimum atomic E-state index is -1.49. The standard InChI is InChI=1S/C46H73N9O14/c1-3-37(57)34(47)25-32-17-19-33(20-18-32)31(2)55-69-24-23-48-40(60)26-49-41(61)27-50-42(62)28-51-43(63)29-52-45(66)36(30-56)54-39(59)22-21-35(46(67)68)53-38(58)15-13-11-9-7-5-4-6-8-10-12-14-16-44(64)65/h17-20,34-36,56H,3-16,21-30,47H2,1-2H3,(H,48,60)(H,49,61)(H,50,62)(H,51,63)(H,52,66)(H,53,58)(H,54,59)(H,64,65)(H,67,68)/b55-31+/t34-,35-,36-/m0/s1. The Morgan fingerprint density at radius 2 is 1.07 bits per heavy atom. The van der Waals surface area contributed by atoms with Crippen LogP contribution >= 0.6 is 0 Å². The third kappa shape index (κ3) is 30.5. The number of amides is 7. The molecule has 0 spiro atoms. The molecule has 1 aromatic rings. The smallest absolute Gasteiger partial charge is 0.326 e. The molecule has 0 unspecified atom stereocenters. The number of nitrogens with zero attached hydrogens (tertiary/aromatic N) is 1. The minimum absolute atomic E-state index is 0.00844. The van der Waals surface area contributed by atoms with Crippen LogP contribution in [0.2, 0.25) is 0 Å². The Bertz CT molecular complexity index is 1840. The fourth-order valence-corrected chi connectivity index (χ4v) is 6.43. The summed E-state index contributed by atoms with van der Waals surface area (Å²) in [7, 11) is 0. The SMILES string of the molecule is CCC(=O)[C@@H](N)Cc1ccc(/C(C)=N/OCCNC(=O)CNC(=O)CNC(=O)CNC(=O)CNC(=O)[C@H](CO)NC(=O)CC[C@H](NC(=O)CCCCCCCCCCCCCC(=O)O)C(=O)O)cc1. The molecule has 0 aliphatic carbocycles. The number of aliphatic carboxylic acids is 2. The molecule has 23 nitrogen and oxygen atoms in total. The van der Waals surface area contributed by atoms with Crippen LogP contribution in [0.25, 0.3) is 0 Å². The van der Waals surface area contributed by atoms with Crippen LogP contribution in [-0.4, -0.2) is 144 Å². The quantitative estimate of drug-likeness (QED) is 0.0232. The molecule has 0 heterocycles. The lowest BCUT2D eigenvalue weighted by atomic mass is 10.00. The zero-order valence-corrected chi connectivity index (χ0v) is 39.9. The molecule has 69 heavy (non-hydrogen) atoms. The van der Waals surface area contributed by atoms with Gasteiger partial charge in [0.15, 0.2) is 0 Å². The molecule has 3 atom stereocenters. The maximum Gasteiger partial charge on any atom is 0.326 e. The largest absolute Gasteiger partial charge is 0.481 e. The molecule has 1 rings (SSSR count). The summed E-state index contributed by atoms with van der Waals surface area (Å²) in [5.41, 5.74) is 8.21. The summed E-state index contributed by atoms with van der Waals surface area (Å²) in [6, 6.07) is 3.97. The molecule has 0 aromatic heterocycles. The fourth-order valence-electron chi connectivity index (χ4n) is 6.43. The third-order valence-corrected chi connectivity index (χ3v) is 10.5. The Hall–Kier alpha value is -6.49. The van der Waals surface area contributed by atoms with Crippen molar-refractivity contribution >= 4 is 64.8 Å². The van der Waals surface area contributed by atoms with E-state index in [1.54, 1.807) is 13.8 Å². The highest BCUT2D eigenvalue weighted by molar-refractivity contribution is 5.98. The highest BCUT2D eigenvalue weighted by Gasteiger charge is 2.24. The molecule has 0 fully saturated rings. The van der Waals surface area contributed by atoms with E-state index in [1.807, 2.05) is 24.3 Å². The number of hydrogen-bond acceptors (Lipinski definition) is 14. The molecule has 0 saturated heterocycles. The second-order valence-corrected chi connectivity index (χ2v) is 16.3. The predicted octanol–water partition coefficient (Wildman–Crippen LogP) is -0.160. The van der Waals surface area contributed by atoms with Crippen LogP contribution in [-0.2, 0) is 59.2 Å². The Morgan fingerprint density at radius 3 is 1.57 bits per heavy atom. The van der Waals surface area contributed by atoms with Gasteiger partial charge in [-0.2, -0.15) is 0 Å². The van der Waals surface area contributed by atoms with Gasteiger partial charge in [-0.1, -0.05) is 94.1 Å². The van der Waals surface area contributed by atoms with Crippen molar-refractivity contribution in [2.75, 3.05) is 45.9 Å². The second-order valence-electron chi connectivity index (χ2n) is 16.3. The van der Waals surface area contributed by atoms with Crippen LogP contribution in [0, 0.1) is 0 Å². The molecular formula is C46H73N9O14. The number of carbonyl (C=O) groups is 10. The van der Waals surface area contributed by atoms with E-state index in [4.69, 9.17) is 15.7 Å². The highest BCUT2D eigenvalue weighted by atomic mass is 16.6. The van der Waals surface area contributed by atoms with E-state index in [1.165, 1.54) is 0 Å². The number of benzene rings is 1. The topological polar surface area (TPSA) is 363 Å². The summed E-state index contributed by atoms with van der Waals surface area (Å²) in [6.45, 7) is 0.654. The van der Waals surface area contributed by atoms with Crippen LogP contribution < -0.4 is 43.0 Å². The number of Topliss-reactive ketones (excluding diaryl/α,β-unsaturated/α-hetero) is 1. The van der Waals surface area contributed by atoms with Crippen molar-refractivity contribution in [3.05, 3.63) is 35.4 Å². The number of rotatable bonds is 39. The first kappa shape index (κ1) is 60.5. The van der Waals surface area contributed by atoms with Gasteiger partial charge >= 0.3 is 11.9 Å². The van der Waals surface area contributed by atoms with Crippen LogP contribution in [0.4, 0.5) is 0 Å². The summed E-state index contributed by atoms with van der Waals surface area (Å²) in [5.74, 6) is -7.14. The van der Waals surface area contributed by atoms with Gasteiger partial charge in [-0.3, -0.25) is 43.2 Å². The number of aliphatic hydroxyl groups is 1. The van der Waals surface area contributed by atoms with E-state index in [2.05, 4.69) is 42.4 Å². The zero-order chi connectivity index (χ0) is 51.4. The van der Waals surface area contributed by atoms with Crippen molar-refractivity contribution in [2.45, 2.75) is 141 Å². The molecule has 0 aliphatic rings. The molecule has 386 valence electrons. The van der Waals surface area contributed by atoms with Crippen LogP contribution in [0.5, 0.6) is 0 Å². The summed E-state index contributed by atoms with van der Waals surface area (Å²) in [6.07, 6.45) is 10.8. The van der Waals surface area contributed by atoms with E-state index < -0.39 is 111 Å². The van der Waals surface area contributed by atoms with E-state index in [-0.39, 0.29) is 38.2 Å². The number of ketones is 1. The first-order chi connectivity index (χ1) is 32.9. The number of nitrogens with one attached hydrogen (secondary N) is 7. The van der Waals surface area contributed by atoms with Gasteiger partial charge in [-0.25, -0.2) is 4.79 Å². The molecule has 12 N–H and O–H groups in total. The van der Waals surface area contributed by atoms with Crippen molar-refractivity contribution in [2.24, 2.45) is 10.9 Å². The lowest BCUT2D eigenvalue weighted by Crippen LogP contribution is -2.51. The third-order valence-electron chi connectivity index (χ3n) is 10.5. The van der Waals surface area contributed by atoms with Crippen molar-refractivity contribution in [3.63, 3.8) is 0 Å². The monoisotopic (exact) mass is 976 g/mol. The average molecular weight is 976 g/mol. The summed E-state index contributed by atoms with van der Waals surface area (Å²) in [5, 5.41) is 48.1. The van der Waals surface area contributed by atoms with Gasteiger partial charge < -0.3 is 63.1 Å². The summed E-state index contributed by atoms with van der Waals surface area (Å²) < 4.78 is 0. The number of carbonyl (C=O) groups excluding carboxylic acids is 8. The van der Waals surface area contributed by atoms with Crippen LogP contribution in [0.1, 0.15) is 128 Å². The van der Waals surface area contributed by atoms with Gasteiger partial charge in [0.2, 0.25) is 41.4 Å². The number of oxime groups is 1. The summed E-state index contributed by atoms with van der Waals surface area (Å²) in [4.78, 5) is 125. The normalized spacial score (nSPS) is 12.3. The first-order valence-corrected chi connectivity index (χ1v) is 23.5. The minimum Gasteiger partial charge on any atom is -0.481 e. The molecule has 0 saturated carbocycles. The molecule has 1 aromatic carbocycles. The second kappa shape index (κ2) is 36.5. The first-order valence-electron chi connectivity index (χ1n) is 23.5. The van der Waals surface area contributed by atoms with Gasteiger partial charge in [0.05, 0.1) is 51.1 Å². The predicted molar refractivity (Wildman–Crippen MR) is 252 cm³/mol. The maximum atomic E-state index is 12.5. The van der Waals surface area contributed by atoms with Crippen LogP contribution in [0.3, 0.4) is 0 Å². The molecule has 7 amide bonds. The number of nitrogens with two attached hydrogens (primary N) is 1. The lowest BCUT2D eigenvalue weighted by Gasteiger charge is -2.18. The Morgan fingerprint density at radius 1 is 0.609 bits per heavy atom. The van der Waals surface area contributed by atoms with Crippen molar-refractivity contribution < 1.29 is 68.1 Å². The zero-order valence-electron chi connectivity index (χ0n) is 39.9. The van der Waals surface area contributed by atoms with Crippen molar-refractivity contribution in [3.8, 4) is 0 Å². The lowest BCUT2D eigenvalue weighted by molar-refractivity contribution is -0.142. The van der Waals surface area contributed by atoms with Crippen LogP contribution in [0.15, 0.2) is 29.4 Å². The fraction of sp³-hybridized carbons (Fsp3) is 0.630. The van der Waals surface area contributed by atoms with Gasteiger partial charge in [-0.15, -0.1) is 0 Å². The Labute approximate surface area is 402 Å². The van der Waals surface area contributed by atoms with E-state index in [0.29, 0.717) is 31.4 Å². The number of carboxylic acid groups (broad SMARTS) is 2. The number of hydrogen-bond donors (Lipinski definition) is 11. The van der Waals surface area contributed by atoms with E-state index >= 15 is 0 Å². The number of unbranched alkanes of at least 4 members (excludes halogenated alkanes) is 10. The highest BCUT2D eigenvalue weighted by Crippen LogP contribution is 2.13. The molecule has 0 aliphatic heterocycles. The number of aliphatic hydroxyl groups excluding tert-OH is 1. The van der Waals surface area contributed by atoms with E-state index in [9.17, 15) is 58.2 Å². The molecule has 0 bridgehead atoms. The van der Waals surface area contributed by atoms with Gasteiger partial charge in [-0.05, 0) is 43.7 Å². The van der Waals surface area contributed by atoms with E-state index in [0.717, 1.165) is 68.9 Å². The number of carboxylic acids is 2. The molecular weight excluding hydrogens is 903 g/mol. The average Bonchev–Trinajstić information content (AvgIpc) is 3.32. The van der Waals surface area contributed by atoms with Gasteiger partial charge in [0, 0.05) is 25.7 Å². The maximum absolute atomic E-state index is 12.5. The molecule has 23 heteroatoms.